The van der Waals surface area contributed by atoms with Gasteiger partial charge in [0, 0.05) is 30.8 Å². The summed E-state index contributed by atoms with van der Waals surface area (Å²) < 4.78 is 51.5. The maximum Gasteiger partial charge on any atom is 0.490 e. The average Bonchev–Trinajstić information content (AvgIpc) is 2.60. The van der Waals surface area contributed by atoms with Crippen LogP contribution >= 0.6 is 0 Å². The zero-order chi connectivity index (χ0) is 21.6. The molecule has 0 aromatic heterocycles. The van der Waals surface area contributed by atoms with Crippen molar-refractivity contribution in [2.45, 2.75) is 13.1 Å². The maximum atomic E-state index is 14.4. The van der Waals surface area contributed by atoms with Gasteiger partial charge in [-0.05, 0) is 30.7 Å². The van der Waals surface area contributed by atoms with E-state index in [0.29, 0.717) is 22.4 Å². The molecule has 0 spiro atoms. The second kappa shape index (κ2) is 9.20. The summed E-state index contributed by atoms with van der Waals surface area (Å²) in [5.74, 6) is -2.81. The molecule has 1 N–H and O–H groups in total. The Balaban J connectivity index is 0.000000480. The first-order valence-electron chi connectivity index (χ1n) is 7.85. The van der Waals surface area contributed by atoms with E-state index in [9.17, 15) is 22.4 Å². The smallest absolute Gasteiger partial charge is 0.490 e. The number of ether oxygens (including phenoxy) is 1. The Morgan fingerprint density at radius 1 is 1.11 bits per heavy atom. The van der Waals surface area contributed by atoms with E-state index >= 15 is 0 Å². The highest BCUT2D eigenvalue weighted by Crippen LogP contribution is 2.35. The van der Waals surface area contributed by atoms with Crippen molar-refractivity contribution in [1.29, 1.82) is 0 Å². The number of hydrogen-bond donors (Lipinski definition) is 1. The molecule has 0 saturated carbocycles. The van der Waals surface area contributed by atoms with E-state index in [2.05, 4.69) is 0 Å². The third kappa shape index (κ3) is 5.70. The Kier molecular flexibility index (Phi) is 7.54. The van der Waals surface area contributed by atoms with Gasteiger partial charge in [0.1, 0.15) is 11.6 Å². The Labute approximate surface area is 159 Å². The fourth-order valence-electron chi connectivity index (χ4n) is 2.27. The molecule has 2 aromatic carbocycles. The number of benzene rings is 2. The van der Waals surface area contributed by atoms with Gasteiger partial charge in [-0.1, -0.05) is 18.2 Å². The third-order valence-corrected chi connectivity index (χ3v) is 3.59. The maximum absolute atomic E-state index is 14.4. The third-order valence-electron chi connectivity index (χ3n) is 3.59. The van der Waals surface area contributed by atoms with Gasteiger partial charge in [0.05, 0.1) is 7.11 Å². The number of carbonyl (C=O) groups is 2. The first kappa shape index (κ1) is 22.9. The normalized spacial score (nSPS) is 10.6. The van der Waals surface area contributed by atoms with Crippen molar-refractivity contribution in [1.82, 2.24) is 4.90 Å². The van der Waals surface area contributed by atoms with Crippen LogP contribution in [0.15, 0.2) is 36.4 Å². The minimum atomic E-state index is -5.08. The van der Waals surface area contributed by atoms with E-state index in [1.807, 2.05) is 19.1 Å². The zero-order valence-corrected chi connectivity index (χ0v) is 15.6. The molecule has 0 aliphatic carbocycles. The molecule has 152 valence electrons. The van der Waals surface area contributed by atoms with Gasteiger partial charge in [0.25, 0.3) is 5.91 Å². The number of hydrogen-bond acceptors (Lipinski definition) is 3. The zero-order valence-electron chi connectivity index (χ0n) is 15.6. The minimum absolute atomic E-state index is 0.225. The van der Waals surface area contributed by atoms with Crippen molar-refractivity contribution in [3.63, 3.8) is 0 Å². The van der Waals surface area contributed by atoms with Gasteiger partial charge in [-0.2, -0.15) is 13.2 Å². The topological polar surface area (TPSA) is 66.8 Å². The molecular weight excluding hydrogens is 382 g/mol. The van der Waals surface area contributed by atoms with E-state index in [-0.39, 0.29) is 5.91 Å². The molecule has 0 bridgehead atoms. The lowest BCUT2D eigenvalue weighted by atomic mass is 9.97. The largest absolute Gasteiger partial charge is 0.496 e. The van der Waals surface area contributed by atoms with Crippen LogP contribution in [-0.4, -0.2) is 49.3 Å². The molecule has 0 aliphatic heterocycles. The number of nitrogens with zero attached hydrogens (tertiary/aromatic N) is 1. The molecular formula is C19H19F4NO4. The highest BCUT2D eigenvalue weighted by atomic mass is 19.4. The molecule has 0 aliphatic rings. The van der Waals surface area contributed by atoms with E-state index in [4.69, 9.17) is 14.6 Å². The molecule has 5 nitrogen and oxygen atoms in total. The summed E-state index contributed by atoms with van der Waals surface area (Å²) in [5.41, 5.74) is 2.38. The number of amides is 1. The molecule has 1 amide bonds. The number of methoxy groups -OCH3 is 1. The van der Waals surface area contributed by atoms with Gasteiger partial charge in [-0.25, -0.2) is 9.18 Å². The summed E-state index contributed by atoms with van der Waals surface area (Å²) in [7, 11) is 4.83. The van der Waals surface area contributed by atoms with Crippen molar-refractivity contribution in [3.05, 3.63) is 53.3 Å². The van der Waals surface area contributed by atoms with Gasteiger partial charge < -0.3 is 14.7 Å². The van der Waals surface area contributed by atoms with Crippen molar-refractivity contribution >= 4 is 11.9 Å². The lowest BCUT2D eigenvalue weighted by Crippen LogP contribution is -2.21. The van der Waals surface area contributed by atoms with Crippen molar-refractivity contribution in [2.75, 3.05) is 21.2 Å². The van der Waals surface area contributed by atoms with Crippen LogP contribution in [0.4, 0.5) is 17.6 Å². The van der Waals surface area contributed by atoms with E-state index in [1.54, 1.807) is 39.4 Å². The molecule has 9 heteroatoms. The number of alkyl halides is 3. The molecule has 0 radical (unpaired) electrons. The molecule has 0 unspecified atom stereocenters. The Morgan fingerprint density at radius 2 is 1.68 bits per heavy atom. The molecule has 0 atom stereocenters. The summed E-state index contributed by atoms with van der Waals surface area (Å²) in [6, 6.07) is 10.1. The molecule has 2 rings (SSSR count). The van der Waals surface area contributed by atoms with Crippen LogP contribution in [0.3, 0.4) is 0 Å². The Morgan fingerprint density at radius 3 is 2.11 bits per heavy atom. The molecule has 0 fully saturated rings. The van der Waals surface area contributed by atoms with Gasteiger partial charge in [0.2, 0.25) is 0 Å². The number of carboxylic acid groups (broad SMARTS) is 1. The summed E-state index contributed by atoms with van der Waals surface area (Å²) in [6.07, 6.45) is -5.08. The van der Waals surface area contributed by atoms with E-state index in [0.717, 1.165) is 5.56 Å². The lowest BCUT2D eigenvalue weighted by molar-refractivity contribution is -0.192. The highest BCUT2D eigenvalue weighted by Gasteiger charge is 2.38. The van der Waals surface area contributed by atoms with Crippen molar-refractivity contribution < 1.29 is 37.0 Å². The number of rotatable bonds is 3. The van der Waals surface area contributed by atoms with Gasteiger partial charge in [-0.3, -0.25) is 4.79 Å². The van der Waals surface area contributed by atoms with Crippen LogP contribution < -0.4 is 4.74 Å². The number of aryl methyl sites for hydroxylation is 1. The Bertz CT molecular complexity index is 863. The SMILES string of the molecule is COc1cccc(C)c1-c1ccc(C(=O)N(C)C)cc1F.O=C(O)C(F)(F)F. The van der Waals surface area contributed by atoms with E-state index < -0.39 is 18.0 Å². The fraction of sp³-hybridized carbons (Fsp3) is 0.263. The predicted octanol–water partition coefficient (Wildman–Crippen LogP) is 4.14. The van der Waals surface area contributed by atoms with Crippen molar-refractivity contribution in [3.8, 4) is 16.9 Å². The van der Waals surface area contributed by atoms with Crippen LogP contribution in [0.25, 0.3) is 11.1 Å². The summed E-state index contributed by atoms with van der Waals surface area (Å²) in [6.45, 7) is 1.90. The number of carboxylic acids is 1. The fourth-order valence-corrected chi connectivity index (χ4v) is 2.27. The summed E-state index contributed by atoms with van der Waals surface area (Å²) >= 11 is 0. The first-order chi connectivity index (χ1) is 12.9. The highest BCUT2D eigenvalue weighted by molar-refractivity contribution is 5.94. The quantitative estimate of drug-likeness (QED) is 0.785. The number of carbonyl (C=O) groups excluding carboxylic acids is 1. The monoisotopic (exact) mass is 401 g/mol. The predicted molar refractivity (Wildman–Crippen MR) is 94.8 cm³/mol. The van der Waals surface area contributed by atoms with E-state index in [1.165, 1.54) is 11.0 Å². The van der Waals surface area contributed by atoms with Gasteiger partial charge in [-0.15, -0.1) is 0 Å². The van der Waals surface area contributed by atoms with Crippen LogP contribution in [-0.2, 0) is 4.79 Å². The minimum Gasteiger partial charge on any atom is -0.496 e. The Hall–Kier alpha value is -3.10. The van der Waals surface area contributed by atoms with Crippen LogP contribution in [0.5, 0.6) is 5.75 Å². The van der Waals surface area contributed by atoms with Gasteiger partial charge in [0.15, 0.2) is 0 Å². The second-order valence-electron chi connectivity index (χ2n) is 5.85. The molecule has 28 heavy (non-hydrogen) atoms. The number of aliphatic carboxylic acids is 1. The standard InChI is InChI=1S/C17H18FNO2.C2HF3O2/c1-11-6-5-7-15(21-4)16(11)13-9-8-12(10-14(13)18)17(20)19(2)3;3-2(4,5)1(6)7/h5-10H,1-4H3;(H,6,7). The summed E-state index contributed by atoms with van der Waals surface area (Å²) in [4.78, 5) is 22.2. The van der Waals surface area contributed by atoms with Gasteiger partial charge >= 0.3 is 12.1 Å². The average molecular weight is 401 g/mol. The van der Waals surface area contributed by atoms with Crippen LogP contribution in [0.2, 0.25) is 0 Å². The lowest BCUT2D eigenvalue weighted by Gasteiger charge is -2.14. The number of halogens is 4. The van der Waals surface area contributed by atoms with Crippen LogP contribution in [0, 0.1) is 12.7 Å². The molecule has 0 saturated heterocycles. The van der Waals surface area contributed by atoms with Crippen molar-refractivity contribution in [2.24, 2.45) is 0 Å². The molecule has 2 aromatic rings. The first-order valence-corrected chi connectivity index (χ1v) is 7.85. The second-order valence-corrected chi connectivity index (χ2v) is 5.85. The van der Waals surface area contributed by atoms with Crippen LogP contribution in [0.1, 0.15) is 15.9 Å². The molecule has 0 heterocycles. The summed E-state index contributed by atoms with van der Waals surface area (Å²) in [5, 5.41) is 7.12.